The van der Waals surface area contributed by atoms with Crippen LogP contribution in [0, 0.1) is 5.92 Å². The van der Waals surface area contributed by atoms with Crippen LogP contribution in [0.2, 0.25) is 0 Å². The lowest BCUT2D eigenvalue weighted by Gasteiger charge is -2.05. The molecule has 0 aliphatic rings. The predicted molar refractivity (Wildman–Crippen MR) is 79.3 cm³/mol. The van der Waals surface area contributed by atoms with Crippen LogP contribution in [0.1, 0.15) is 36.4 Å². The Labute approximate surface area is 120 Å². The lowest BCUT2D eigenvalue weighted by atomic mass is 10.2. The number of aromatic carboxylic acids is 1. The van der Waals surface area contributed by atoms with Crippen molar-refractivity contribution in [3.05, 3.63) is 35.6 Å². The summed E-state index contributed by atoms with van der Waals surface area (Å²) in [4.78, 5) is 10.8. The van der Waals surface area contributed by atoms with Crippen molar-refractivity contribution in [1.29, 1.82) is 0 Å². The van der Waals surface area contributed by atoms with Gasteiger partial charge in [0.15, 0.2) is 0 Å². The third-order valence-corrected chi connectivity index (χ3v) is 4.39. The summed E-state index contributed by atoms with van der Waals surface area (Å²) in [5, 5.41) is 9.62. The van der Waals surface area contributed by atoms with E-state index in [0.29, 0.717) is 23.0 Å². The Morgan fingerprint density at radius 1 is 1.35 bits per heavy atom. The monoisotopic (exact) mass is 294 g/mol. The van der Waals surface area contributed by atoms with E-state index < -0.39 is 16.8 Å². The molecule has 1 unspecified atom stereocenters. The summed E-state index contributed by atoms with van der Waals surface area (Å²) in [5.74, 6) is 0.590. The smallest absolute Gasteiger partial charge is 0.371 e. The zero-order valence-electron chi connectivity index (χ0n) is 11.6. The van der Waals surface area contributed by atoms with Crippen LogP contribution >= 0.6 is 0 Å². The fourth-order valence-corrected chi connectivity index (χ4v) is 3.34. The quantitative estimate of drug-likeness (QED) is 0.886. The molecule has 2 rings (SSSR count). The van der Waals surface area contributed by atoms with Gasteiger partial charge >= 0.3 is 5.97 Å². The van der Waals surface area contributed by atoms with Gasteiger partial charge in [0.05, 0.1) is 0 Å². The molecule has 0 aliphatic carbocycles. The number of carboxylic acid groups (broad SMARTS) is 1. The maximum atomic E-state index is 12.0. The first-order chi connectivity index (χ1) is 9.45. The van der Waals surface area contributed by atoms with Gasteiger partial charge in [-0.3, -0.25) is 4.21 Å². The van der Waals surface area contributed by atoms with Crippen LogP contribution in [-0.4, -0.2) is 21.0 Å². The molecule has 2 aromatic rings. The lowest BCUT2D eigenvalue weighted by Crippen LogP contribution is -2.03. The highest BCUT2D eigenvalue weighted by molar-refractivity contribution is 7.84. The summed E-state index contributed by atoms with van der Waals surface area (Å²) in [6, 6.07) is 6.91. The topological polar surface area (TPSA) is 67.5 Å². The van der Waals surface area contributed by atoms with Crippen LogP contribution in [0.3, 0.4) is 0 Å². The van der Waals surface area contributed by atoms with E-state index in [-0.39, 0.29) is 5.76 Å². The largest absolute Gasteiger partial charge is 0.475 e. The van der Waals surface area contributed by atoms with Gasteiger partial charge in [0.25, 0.3) is 0 Å². The zero-order valence-corrected chi connectivity index (χ0v) is 12.4. The average Bonchev–Trinajstić information content (AvgIpc) is 2.79. The molecule has 0 saturated heterocycles. The molecule has 0 spiro atoms. The molecule has 0 fully saturated rings. The molecule has 1 aromatic carbocycles. The fourth-order valence-electron chi connectivity index (χ4n) is 1.91. The lowest BCUT2D eigenvalue weighted by molar-refractivity contribution is 0.0665. The molecule has 0 radical (unpaired) electrons. The maximum absolute atomic E-state index is 12.0. The Hall–Kier alpha value is -1.62. The van der Waals surface area contributed by atoms with Crippen LogP contribution < -0.4 is 0 Å². The summed E-state index contributed by atoms with van der Waals surface area (Å²) in [6.07, 6.45) is 0.948. The van der Waals surface area contributed by atoms with Crippen LogP contribution in [0.15, 0.2) is 28.7 Å². The Morgan fingerprint density at radius 2 is 2.10 bits per heavy atom. The molecule has 1 atom stereocenters. The van der Waals surface area contributed by atoms with Gasteiger partial charge in [-0.1, -0.05) is 19.9 Å². The van der Waals surface area contributed by atoms with Crippen LogP contribution in [0.5, 0.6) is 0 Å². The number of carbonyl (C=O) groups is 1. The van der Waals surface area contributed by atoms with Gasteiger partial charge in [0, 0.05) is 27.7 Å². The molecule has 0 amide bonds. The van der Waals surface area contributed by atoms with Crippen molar-refractivity contribution in [1.82, 2.24) is 0 Å². The van der Waals surface area contributed by atoms with E-state index in [1.54, 1.807) is 6.07 Å². The van der Waals surface area contributed by atoms with E-state index in [0.717, 1.165) is 17.4 Å². The highest BCUT2D eigenvalue weighted by Crippen LogP contribution is 2.21. The Morgan fingerprint density at radius 3 is 2.75 bits per heavy atom. The zero-order chi connectivity index (χ0) is 14.7. The molecular formula is C15H18O4S. The van der Waals surface area contributed by atoms with Gasteiger partial charge in [-0.05, 0) is 36.1 Å². The highest BCUT2D eigenvalue weighted by atomic mass is 32.2. The molecular weight excluding hydrogens is 276 g/mol. The van der Waals surface area contributed by atoms with Gasteiger partial charge < -0.3 is 9.52 Å². The van der Waals surface area contributed by atoms with Gasteiger partial charge in [-0.25, -0.2) is 4.79 Å². The minimum absolute atomic E-state index is 0.0712. The van der Waals surface area contributed by atoms with Crippen molar-refractivity contribution >= 4 is 27.7 Å². The van der Waals surface area contributed by atoms with Crippen molar-refractivity contribution in [2.75, 3.05) is 5.75 Å². The second-order valence-electron chi connectivity index (χ2n) is 5.26. The molecule has 5 heteroatoms. The van der Waals surface area contributed by atoms with E-state index in [2.05, 4.69) is 13.8 Å². The molecule has 1 N–H and O–H groups in total. The first kappa shape index (κ1) is 14.8. The first-order valence-corrected chi connectivity index (χ1v) is 8.05. The fraction of sp³-hybridized carbons (Fsp3) is 0.400. The molecule has 1 aromatic heterocycles. The molecule has 0 saturated carbocycles. The minimum atomic E-state index is -1.08. The van der Waals surface area contributed by atoms with Gasteiger partial charge in [0.1, 0.15) is 5.58 Å². The predicted octanol–water partition coefficient (Wildman–Crippen LogP) is 3.43. The van der Waals surface area contributed by atoms with Crippen molar-refractivity contribution in [3.63, 3.8) is 0 Å². The van der Waals surface area contributed by atoms with Crippen molar-refractivity contribution in [3.8, 4) is 0 Å². The summed E-state index contributed by atoms with van der Waals surface area (Å²) in [5.41, 5.74) is 1.48. The standard InChI is InChI=1S/C15H18O4S/c1-10(2)5-6-20(18)9-11-3-4-13-12(7-11)8-14(19-13)15(16)17/h3-4,7-8,10H,5-6,9H2,1-2H3,(H,16,17). The Balaban J connectivity index is 2.11. The third kappa shape index (κ3) is 3.70. The SMILES string of the molecule is CC(C)CCS(=O)Cc1ccc2oc(C(=O)O)cc2c1. The number of benzene rings is 1. The van der Waals surface area contributed by atoms with Gasteiger partial charge in [0.2, 0.25) is 5.76 Å². The summed E-state index contributed by atoms with van der Waals surface area (Å²) in [7, 11) is -0.883. The molecule has 0 aliphatic heterocycles. The molecule has 20 heavy (non-hydrogen) atoms. The Kier molecular flexibility index (Phi) is 4.60. The number of carboxylic acids is 1. The van der Waals surface area contributed by atoms with E-state index in [9.17, 15) is 9.00 Å². The summed E-state index contributed by atoms with van der Waals surface area (Å²) in [6.45, 7) is 4.23. The van der Waals surface area contributed by atoms with Crippen LogP contribution in [0.4, 0.5) is 0 Å². The van der Waals surface area contributed by atoms with Crippen molar-refractivity contribution in [2.24, 2.45) is 5.92 Å². The van der Waals surface area contributed by atoms with E-state index in [1.165, 1.54) is 6.07 Å². The van der Waals surface area contributed by atoms with E-state index in [1.807, 2.05) is 12.1 Å². The van der Waals surface area contributed by atoms with Gasteiger partial charge in [-0.2, -0.15) is 0 Å². The number of fused-ring (bicyclic) bond motifs is 1. The normalized spacial score (nSPS) is 12.9. The highest BCUT2D eigenvalue weighted by Gasteiger charge is 2.11. The minimum Gasteiger partial charge on any atom is -0.475 e. The average molecular weight is 294 g/mol. The summed E-state index contributed by atoms with van der Waals surface area (Å²) >= 11 is 0. The maximum Gasteiger partial charge on any atom is 0.371 e. The van der Waals surface area contributed by atoms with E-state index >= 15 is 0 Å². The number of hydrogen-bond acceptors (Lipinski definition) is 3. The number of rotatable bonds is 6. The van der Waals surface area contributed by atoms with Crippen molar-refractivity contribution in [2.45, 2.75) is 26.0 Å². The number of hydrogen-bond donors (Lipinski definition) is 1. The van der Waals surface area contributed by atoms with Crippen LogP contribution in [-0.2, 0) is 16.6 Å². The Bertz CT molecular complexity index is 642. The second kappa shape index (κ2) is 6.22. The van der Waals surface area contributed by atoms with Gasteiger partial charge in [-0.15, -0.1) is 0 Å². The first-order valence-electron chi connectivity index (χ1n) is 6.56. The third-order valence-electron chi connectivity index (χ3n) is 3.04. The number of furan rings is 1. The summed E-state index contributed by atoms with van der Waals surface area (Å²) < 4.78 is 17.2. The second-order valence-corrected chi connectivity index (χ2v) is 6.84. The van der Waals surface area contributed by atoms with Crippen molar-refractivity contribution < 1.29 is 18.5 Å². The van der Waals surface area contributed by atoms with E-state index in [4.69, 9.17) is 9.52 Å². The van der Waals surface area contributed by atoms with Crippen LogP contribution in [0.25, 0.3) is 11.0 Å². The molecule has 1 heterocycles. The molecule has 4 nitrogen and oxygen atoms in total. The molecule has 0 bridgehead atoms. The molecule has 108 valence electrons.